The number of Topliss-reactive ketones (excluding diaryl/α,β-unsaturated/α-hetero) is 3. The van der Waals surface area contributed by atoms with Crippen LogP contribution < -0.4 is 0 Å². The number of hydrogen-bond acceptors (Lipinski definition) is 15. The van der Waals surface area contributed by atoms with E-state index in [1.165, 1.54) is 26.2 Å². The summed E-state index contributed by atoms with van der Waals surface area (Å²) in [4.78, 5) is 89.9. The van der Waals surface area contributed by atoms with Crippen LogP contribution in [-0.4, -0.2) is 152 Å². The fourth-order valence-corrected chi connectivity index (χ4v) is 10.5. The van der Waals surface area contributed by atoms with Gasteiger partial charge in [0.2, 0.25) is 5.79 Å². The first-order valence-corrected chi connectivity index (χ1v) is 26.1. The summed E-state index contributed by atoms with van der Waals surface area (Å²) in [5.74, 6) is -8.09. The number of methoxy groups -OCH3 is 3. The van der Waals surface area contributed by atoms with Crippen LogP contribution >= 0.6 is 0 Å². The van der Waals surface area contributed by atoms with Crippen molar-refractivity contribution in [3.8, 4) is 0 Å². The van der Waals surface area contributed by atoms with E-state index in [1.54, 1.807) is 41.1 Å². The number of cyclic esters (lactones) is 1. The van der Waals surface area contributed by atoms with Gasteiger partial charge in [0.15, 0.2) is 11.6 Å². The van der Waals surface area contributed by atoms with Gasteiger partial charge >= 0.3 is 12.1 Å². The largest absolute Gasteiger partial charge is 0.460 e. The molecular weight excluding hydrogens is 929 g/mol. The van der Waals surface area contributed by atoms with Gasteiger partial charge in [-0.2, -0.15) is 5.06 Å². The van der Waals surface area contributed by atoms with E-state index in [2.05, 4.69) is 13.0 Å². The Morgan fingerprint density at radius 2 is 1.60 bits per heavy atom. The third kappa shape index (κ3) is 16.2. The molecule has 406 valence electrons. The van der Waals surface area contributed by atoms with Crippen molar-refractivity contribution in [2.45, 2.75) is 186 Å². The third-order valence-electron chi connectivity index (χ3n) is 15.6. The SMILES string of the molecule is COC1C(=O)C(C)CC[C@H](C)C=CC=CC=C(C)[C@@H](OC)C[C@@H]2CC[C@@H](C)[C@@](O)(O2)C(=O)C(=O)N2CCCC[C@H]2C(=O)O[C@H]([C@H](C)C[C@@H]2CC[C@@H](OC(=O)N(C)OC)[C@H](OC)C2)CC(=O)C(C)=CC(C)[C@H]1O. The van der Waals surface area contributed by atoms with E-state index in [4.69, 9.17) is 33.3 Å². The highest BCUT2D eigenvalue weighted by Crippen LogP contribution is 2.38. The predicted molar refractivity (Wildman–Crippen MR) is 269 cm³/mol. The van der Waals surface area contributed by atoms with Crippen LogP contribution in [0.15, 0.2) is 47.6 Å². The summed E-state index contributed by atoms with van der Waals surface area (Å²) < 4.78 is 35.4. The summed E-state index contributed by atoms with van der Waals surface area (Å²) in [5.41, 5.74) is 1.17. The average Bonchev–Trinajstić information content (AvgIpc) is 3.36. The van der Waals surface area contributed by atoms with Crippen LogP contribution in [0.3, 0.4) is 0 Å². The van der Waals surface area contributed by atoms with Gasteiger partial charge in [-0.25, -0.2) is 9.59 Å². The number of aliphatic hydroxyl groups is 2. The molecule has 4 rings (SSSR count). The molecule has 0 radical (unpaired) electrons. The maximum Gasteiger partial charge on any atom is 0.434 e. The summed E-state index contributed by atoms with van der Waals surface area (Å²) in [6.45, 7) is 12.8. The lowest BCUT2D eigenvalue weighted by Crippen LogP contribution is -2.61. The number of amides is 2. The maximum atomic E-state index is 14.5. The Morgan fingerprint density at radius 1 is 0.875 bits per heavy atom. The van der Waals surface area contributed by atoms with Gasteiger partial charge in [-0.05, 0) is 113 Å². The second kappa shape index (κ2) is 28.5. The van der Waals surface area contributed by atoms with E-state index in [-0.39, 0.29) is 48.4 Å². The molecule has 3 aliphatic heterocycles. The first-order chi connectivity index (χ1) is 34.1. The van der Waals surface area contributed by atoms with Gasteiger partial charge in [0.25, 0.3) is 11.7 Å². The lowest BCUT2D eigenvalue weighted by molar-refractivity contribution is -0.265. The Hall–Kier alpha value is -4.10. The van der Waals surface area contributed by atoms with Crippen molar-refractivity contribution in [3.63, 3.8) is 0 Å². The number of carbonyl (C=O) groups excluding carboxylic acids is 6. The van der Waals surface area contributed by atoms with Crippen LogP contribution in [-0.2, 0) is 57.2 Å². The molecule has 3 fully saturated rings. The average molecular weight is 1020 g/mol. The molecule has 3 unspecified atom stereocenters. The highest BCUT2D eigenvalue weighted by Gasteiger charge is 2.53. The summed E-state index contributed by atoms with van der Waals surface area (Å²) in [6, 6.07) is -1.18. The molecule has 0 aromatic rings. The molecule has 17 heteroatoms. The van der Waals surface area contributed by atoms with E-state index in [0.717, 1.165) is 10.6 Å². The fourth-order valence-electron chi connectivity index (χ4n) is 10.5. The van der Waals surface area contributed by atoms with Gasteiger partial charge in [-0.3, -0.25) is 24.0 Å². The van der Waals surface area contributed by atoms with Crippen LogP contribution in [0.4, 0.5) is 4.79 Å². The molecule has 1 aliphatic carbocycles. The molecule has 0 aromatic heterocycles. The molecule has 17 nitrogen and oxygen atoms in total. The highest BCUT2D eigenvalue weighted by molar-refractivity contribution is 6.39. The minimum atomic E-state index is -2.45. The number of fused-ring (bicyclic) bond motifs is 3. The van der Waals surface area contributed by atoms with Gasteiger partial charge in [0, 0.05) is 65.5 Å². The number of hydrogen-bond donors (Lipinski definition) is 2. The molecule has 4 aliphatic rings. The van der Waals surface area contributed by atoms with Crippen molar-refractivity contribution in [2.24, 2.45) is 35.5 Å². The number of rotatable bonds is 8. The minimum Gasteiger partial charge on any atom is -0.460 e. The van der Waals surface area contributed by atoms with Crippen LogP contribution in [0, 0.1) is 35.5 Å². The molecule has 1 saturated carbocycles. The smallest absolute Gasteiger partial charge is 0.434 e. The van der Waals surface area contributed by atoms with Crippen molar-refractivity contribution < 1.29 is 72.2 Å². The zero-order chi connectivity index (χ0) is 53.4. The molecular formula is C55H86N2O15. The number of allylic oxidation sites excluding steroid dienone is 6. The van der Waals surface area contributed by atoms with Crippen molar-refractivity contribution in [1.29, 1.82) is 0 Å². The molecule has 0 spiro atoms. The molecule has 15 atom stereocenters. The normalized spacial score (nSPS) is 35.3. The van der Waals surface area contributed by atoms with Gasteiger partial charge in [0.05, 0.1) is 31.5 Å². The number of piperidine rings is 1. The molecule has 2 bridgehead atoms. The van der Waals surface area contributed by atoms with E-state index >= 15 is 0 Å². The maximum absolute atomic E-state index is 14.5. The predicted octanol–water partition coefficient (Wildman–Crippen LogP) is 7.21. The molecule has 2 saturated heterocycles. The first kappa shape index (κ1) is 60.5. The zero-order valence-electron chi connectivity index (χ0n) is 45.0. The Morgan fingerprint density at radius 3 is 2.26 bits per heavy atom. The van der Waals surface area contributed by atoms with E-state index in [0.29, 0.717) is 70.6 Å². The Bertz CT molecular complexity index is 1970. The van der Waals surface area contributed by atoms with Crippen molar-refractivity contribution in [3.05, 3.63) is 47.6 Å². The lowest BCUT2D eigenvalue weighted by atomic mass is 9.78. The lowest BCUT2D eigenvalue weighted by Gasteiger charge is -2.42. The number of esters is 1. The second-order valence-electron chi connectivity index (χ2n) is 21.0. The van der Waals surface area contributed by atoms with Gasteiger partial charge < -0.3 is 43.5 Å². The van der Waals surface area contributed by atoms with Gasteiger partial charge in [-0.15, -0.1) is 0 Å². The number of aliphatic hydroxyl groups excluding tert-OH is 1. The number of ether oxygens (including phenoxy) is 6. The summed E-state index contributed by atoms with van der Waals surface area (Å²) in [6.07, 6.45) is 11.0. The number of hydroxylamine groups is 2. The standard InChI is InChI=1S/C55H86N2O15/c1-33-18-14-13-15-19-34(2)45(66-9)31-41-25-23-39(7)55(65,72-41)51(61)52(62)57-27-17-16-20-42(57)53(63)70-46(37(5)29-40-24-26-44(47(30-40)67-10)71-54(64)56(8)69-12)32-43(58)36(4)28-38(6)49(60)50(68-11)48(59)35(3)22-21-33/h13-15,18-19,28,33,35,37-42,44-47,49-50,60,65H,16-17,20-27,29-32H2,1-12H3/t33-,35?,37-,38?,39-,40+,41+,42+,44-,45+,46+,47-,49-,50?,55-/m1/s1. The second-order valence-corrected chi connectivity index (χ2v) is 21.0. The quantitative estimate of drug-likeness (QED) is 0.140. The van der Waals surface area contributed by atoms with E-state index < -0.39 is 102 Å². The Kier molecular flexibility index (Phi) is 24.0. The zero-order valence-corrected chi connectivity index (χ0v) is 45.0. The minimum absolute atomic E-state index is 0.0221. The topological polar surface area (TPSA) is 214 Å². The van der Waals surface area contributed by atoms with Crippen molar-refractivity contribution >= 4 is 35.3 Å². The fraction of sp³-hybridized carbons (Fsp3) is 0.745. The van der Waals surface area contributed by atoms with Crippen molar-refractivity contribution in [2.75, 3.05) is 42.0 Å². The summed E-state index contributed by atoms with van der Waals surface area (Å²) >= 11 is 0. The number of ketones is 3. The van der Waals surface area contributed by atoms with Gasteiger partial charge in [0.1, 0.15) is 24.4 Å². The monoisotopic (exact) mass is 1010 g/mol. The molecule has 2 amide bonds. The van der Waals surface area contributed by atoms with E-state index in [1.807, 2.05) is 45.1 Å². The van der Waals surface area contributed by atoms with Crippen LogP contribution in [0.5, 0.6) is 0 Å². The van der Waals surface area contributed by atoms with Crippen molar-refractivity contribution in [1.82, 2.24) is 9.96 Å². The summed E-state index contributed by atoms with van der Waals surface area (Å²) in [7, 11) is 7.32. The summed E-state index contributed by atoms with van der Waals surface area (Å²) in [5, 5.41) is 24.5. The molecule has 72 heavy (non-hydrogen) atoms. The first-order valence-electron chi connectivity index (χ1n) is 26.1. The molecule has 0 aromatic carbocycles. The van der Waals surface area contributed by atoms with E-state index in [9.17, 15) is 39.0 Å². The molecule has 2 N–H and O–H groups in total. The van der Waals surface area contributed by atoms with Crippen LogP contribution in [0.1, 0.15) is 132 Å². The highest BCUT2D eigenvalue weighted by atomic mass is 16.7. The Labute approximate surface area is 427 Å². The molecule has 3 heterocycles. The third-order valence-corrected chi connectivity index (χ3v) is 15.6. The number of carbonyl (C=O) groups is 6. The van der Waals surface area contributed by atoms with Gasteiger partial charge in [-0.1, -0.05) is 71.1 Å². The van der Waals surface area contributed by atoms with Crippen LogP contribution in [0.25, 0.3) is 0 Å². The number of nitrogens with zero attached hydrogens (tertiary/aromatic N) is 2. The Balaban J connectivity index is 1.69. The van der Waals surface area contributed by atoms with Crippen LogP contribution in [0.2, 0.25) is 0 Å².